The predicted molar refractivity (Wildman–Crippen MR) is 84.3 cm³/mol. The summed E-state index contributed by atoms with van der Waals surface area (Å²) in [5.41, 5.74) is 0.223. The zero-order chi connectivity index (χ0) is 17.0. The predicted octanol–water partition coefficient (Wildman–Crippen LogP) is 5.59. The number of alkyl halides is 3. The standard InChI is InChI=1S/C15H20F3NO2Si/c1-4-22(5-2,6-3)14(15(16,17)18)11-12-7-9-13(10-8-12)19(20)21/h7-11H,4-6H2,1-3H3/b14-11+. The summed E-state index contributed by atoms with van der Waals surface area (Å²) in [6.45, 7) is 5.44. The van der Waals surface area contributed by atoms with Gasteiger partial charge in [-0.3, -0.25) is 10.1 Å². The Labute approximate surface area is 129 Å². The molecule has 1 aromatic rings. The van der Waals surface area contributed by atoms with Crippen LogP contribution in [0.1, 0.15) is 26.3 Å². The van der Waals surface area contributed by atoms with Crippen molar-refractivity contribution in [2.75, 3.05) is 0 Å². The van der Waals surface area contributed by atoms with Gasteiger partial charge in [0.05, 0.1) is 13.0 Å². The van der Waals surface area contributed by atoms with E-state index < -0.39 is 24.4 Å². The minimum Gasteiger partial charge on any atom is -0.258 e. The quantitative estimate of drug-likeness (QED) is 0.387. The highest BCUT2D eigenvalue weighted by atomic mass is 28.3. The van der Waals surface area contributed by atoms with Gasteiger partial charge < -0.3 is 0 Å². The Hall–Kier alpha value is -1.63. The summed E-state index contributed by atoms with van der Waals surface area (Å²) < 4.78 is 40.6. The summed E-state index contributed by atoms with van der Waals surface area (Å²) in [5, 5.41) is 10.2. The van der Waals surface area contributed by atoms with E-state index >= 15 is 0 Å². The third-order valence-corrected chi connectivity index (χ3v) is 9.95. The van der Waals surface area contributed by atoms with Gasteiger partial charge in [0, 0.05) is 17.3 Å². The summed E-state index contributed by atoms with van der Waals surface area (Å²) >= 11 is 0. The number of allylic oxidation sites excluding steroid dienone is 1. The Morgan fingerprint density at radius 3 is 1.91 bits per heavy atom. The number of benzene rings is 1. The maximum absolute atomic E-state index is 13.5. The molecule has 22 heavy (non-hydrogen) atoms. The van der Waals surface area contributed by atoms with Crippen molar-refractivity contribution in [3.05, 3.63) is 45.1 Å². The third kappa shape index (κ3) is 3.97. The lowest BCUT2D eigenvalue weighted by Gasteiger charge is -2.32. The van der Waals surface area contributed by atoms with E-state index in [1.165, 1.54) is 30.3 Å². The molecule has 0 unspecified atom stereocenters. The first-order chi connectivity index (χ1) is 10.2. The number of nitrogens with zero attached hydrogens (tertiary/aromatic N) is 1. The number of non-ortho nitro benzene ring substituents is 1. The number of rotatable bonds is 6. The number of hydrogen-bond donors (Lipinski definition) is 0. The second kappa shape index (κ2) is 7.08. The molecule has 7 heteroatoms. The number of hydrogen-bond acceptors (Lipinski definition) is 2. The van der Waals surface area contributed by atoms with Crippen LogP contribution in [-0.2, 0) is 0 Å². The highest BCUT2D eigenvalue weighted by Crippen LogP contribution is 2.40. The van der Waals surface area contributed by atoms with E-state index in [0.29, 0.717) is 23.7 Å². The molecule has 122 valence electrons. The van der Waals surface area contributed by atoms with Gasteiger partial charge in [-0.05, 0) is 17.7 Å². The smallest absolute Gasteiger partial charge is 0.258 e. The molecule has 1 rings (SSSR count). The SMILES string of the molecule is CC[Si](CC)(CC)/C(=C/c1ccc([N+](=O)[O-])cc1)C(F)(F)F. The fourth-order valence-electron chi connectivity index (χ4n) is 2.72. The van der Waals surface area contributed by atoms with Gasteiger partial charge in [-0.25, -0.2) is 0 Å². The Bertz CT molecular complexity index is 541. The van der Waals surface area contributed by atoms with Crippen LogP contribution in [0.3, 0.4) is 0 Å². The highest BCUT2D eigenvalue weighted by Gasteiger charge is 2.46. The Balaban J connectivity index is 3.36. The molecule has 0 atom stereocenters. The van der Waals surface area contributed by atoms with Crippen molar-refractivity contribution in [1.29, 1.82) is 0 Å². The van der Waals surface area contributed by atoms with Gasteiger partial charge >= 0.3 is 6.18 Å². The molecule has 0 bridgehead atoms. The van der Waals surface area contributed by atoms with Crippen molar-refractivity contribution in [2.45, 2.75) is 45.1 Å². The van der Waals surface area contributed by atoms with E-state index in [-0.39, 0.29) is 5.69 Å². The lowest BCUT2D eigenvalue weighted by atomic mass is 10.2. The van der Waals surface area contributed by atoms with Crippen molar-refractivity contribution in [3.8, 4) is 0 Å². The van der Waals surface area contributed by atoms with Crippen LogP contribution in [0.5, 0.6) is 0 Å². The molecular formula is C15H20F3NO2Si. The summed E-state index contributed by atoms with van der Waals surface area (Å²) in [6, 6.07) is 6.77. The van der Waals surface area contributed by atoms with Crippen molar-refractivity contribution >= 4 is 19.8 Å². The molecule has 0 saturated heterocycles. The van der Waals surface area contributed by atoms with Crippen LogP contribution < -0.4 is 0 Å². The van der Waals surface area contributed by atoms with Crippen LogP contribution in [0.25, 0.3) is 6.08 Å². The van der Waals surface area contributed by atoms with Crippen molar-refractivity contribution in [3.63, 3.8) is 0 Å². The molecule has 0 aliphatic heterocycles. The first-order valence-electron chi connectivity index (χ1n) is 7.24. The largest absolute Gasteiger partial charge is 0.409 e. The maximum atomic E-state index is 13.5. The maximum Gasteiger partial charge on any atom is 0.409 e. The fourth-order valence-corrected chi connectivity index (χ4v) is 6.43. The molecule has 3 nitrogen and oxygen atoms in total. The van der Waals surface area contributed by atoms with E-state index in [2.05, 4.69) is 0 Å². The van der Waals surface area contributed by atoms with Crippen molar-refractivity contribution in [1.82, 2.24) is 0 Å². The highest BCUT2D eigenvalue weighted by molar-refractivity contribution is 6.87. The van der Waals surface area contributed by atoms with E-state index in [4.69, 9.17) is 0 Å². The van der Waals surface area contributed by atoms with Crippen LogP contribution >= 0.6 is 0 Å². The van der Waals surface area contributed by atoms with Gasteiger partial charge in [0.25, 0.3) is 5.69 Å². The summed E-state index contributed by atoms with van der Waals surface area (Å²) in [4.78, 5) is 10.0. The minimum absolute atomic E-state index is 0.129. The Morgan fingerprint density at radius 2 is 1.59 bits per heavy atom. The molecule has 0 aromatic heterocycles. The molecule has 0 heterocycles. The lowest BCUT2D eigenvalue weighted by Crippen LogP contribution is -2.41. The van der Waals surface area contributed by atoms with Gasteiger partial charge in [-0.1, -0.05) is 45.0 Å². The molecule has 0 N–H and O–H groups in total. The lowest BCUT2D eigenvalue weighted by molar-refractivity contribution is -0.384. The number of nitro groups is 1. The second-order valence-electron chi connectivity index (χ2n) is 5.25. The molecule has 0 amide bonds. The minimum atomic E-state index is -4.37. The Morgan fingerprint density at radius 1 is 1.14 bits per heavy atom. The molecule has 0 fully saturated rings. The second-order valence-corrected chi connectivity index (χ2v) is 10.5. The zero-order valence-electron chi connectivity index (χ0n) is 12.9. The van der Waals surface area contributed by atoms with E-state index in [0.717, 1.165) is 0 Å². The molecule has 0 aliphatic carbocycles. The average molecular weight is 331 g/mol. The van der Waals surface area contributed by atoms with Crippen LogP contribution in [0.2, 0.25) is 18.1 Å². The average Bonchev–Trinajstić information content (AvgIpc) is 2.48. The normalized spacial score (nSPS) is 13.3. The monoisotopic (exact) mass is 331 g/mol. The molecule has 0 radical (unpaired) electrons. The van der Waals surface area contributed by atoms with Gasteiger partial charge in [-0.15, -0.1) is 0 Å². The number of halogens is 3. The van der Waals surface area contributed by atoms with Gasteiger partial charge in [0.1, 0.15) is 0 Å². The van der Waals surface area contributed by atoms with Crippen LogP contribution in [-0.4, -0.2) is 19.2 Å². The summed E-state index contributed by atoms with van der Waals surface area (Å²) in [7, 11) is -2.60. The zero-order valence-corrected chi connectivity index (χ0v) is 13.9. The first kappa shape index (κ1) is 18.4. The van der Waals surface area contributed by atoms with Crippen molar-refractivity contribution in [2.24, 2.45) is 0 Å². The van der Waals surface area contributed by atoms with Gasteiger partial charge in [-0.2, -0.15) is 13.2 Å². The third-order valence-electron chi connectivity index (χ3n) is 4.32. The topological polar surface area (TPSA) is 43.1 Å². The molecule has 0 aliphatic rings. The van der Waals surface area contributed by atoms with E-state index in [9.17, 15) is 23.3 Å². The fraction of sp³-hybridized carbons (Fsp3) is 0.467. The van der Waals surface area contributed by atoms with Crippen molar-refractivity contribution < 1.29 is 18.1 Å². The van der Waals surface area contributed by atoms with Crippen LogP contribution in [0.15, 0.2) is 29.5 Å². The first-order valence-corrected chi connectivity index (χ1v) is 9.86. The molecule has 0 spiro atoms. The summed E-state index contributed by atoms with van der Waals surface area (Å²) in [5.74, 6) is 0. The molecular weight excluding hydrogens is 311 g/mol. The van der Waals surface area contributed by atoms with Gasteiger partial charge in [0.15, 0.2) is 0 Å². The molecule has 0 saturated carbocycles. The van der Waals surface area contributed by atoms with E-state index in [1.54, 1.807) is 0 Å². The Kier molecular flexibility index (Phi) is 5.93. The summed E-state index contributed by atoms with van der Waals surface area (Å²) in [6.07, 6.45) is -3.19. The van der Waals surface area contributed by atoms with E-state index in [1.807, 2.05) is 20.8 Å². The molecule has 1 aromatic carbocycles. The van der Waals surface area contributed by atoms with Gasteiger partial charge in [0.2, 0.25) is 0 Å². The van der Waals surface area contributed by atoms with Crippen LogP contribution in [0.4, 0.5) is 18.9 Å². The van der Waals surface area contributed by atoms with Crippen LogP contribution in [0, 0.1) is 10.1 Å². The number of nitro benzene ring substituents is 1.